The predicted octanol–water partition coefficient (Wildman–Crippen LogP) is 0.865. The molecule has 5 atom stereocenters. The Balaban J connectivity index is 1.32. The van der Waals surface area contributed by atoms with Crippen LogP contribution in [-0.4, -0.2) is 85.9 Å². The van der Waals surface area contributed by atoms with Crippen molar-refractivity contribution in [1.82, 2.24) is 20.3 Å². The van der Waals surface area contributed by atoms with E-state index in [1.54, 1.807) is 0 Å². The van der Waals surface area contributed by atoms with Crippen LogP contribution < -0.4 is 15.4 Å². The first-order chi connectivity index (χ1) is 18.7. The van der Waals surface area contributed by atoms with Gasteiger partial charge in [0, 0.05) is 18.9 Å². The van der Waals surface area contributed by atoms with Gasteiger partial charge in [-0.1, -0.05) is 25.0 Å². The molecule has 0 unspecified atom stereocenters. The van der Waals surface area contributed by atoms with Crippen molar-refractivity contribution >= 4 is 33.8 Å². The number of fused-ring (bicyclic) bond motifs is 2. The first-order valence-electron chi connectivity index (χ1n) is 14.1. The molecule has 13 heteroatoms. The van der Waals surface area contributed by atoms with Crippen LogP contribution in [0.2, 0.25) is 0 Å². The molecule has 3 aliphatic heterocycles. The second kappa shape index (κ2) is 11.4. The van der Waals surface area contributed by atoms with E-state index in [9.17, 15) is 27.6 Å². The predicted molar refractivity (Wildman–Crippen MR) is 139 cm³/mol. The lowest BCUT2D eigenvalue weighted by Gasteiger charge is -2.30. The molecule has 0 bridgehead atoms. The van der Waals surface area contributed by atoms with Crippen LogP contribution in [0.3, 0.4) is 0 Å². The van der Waals surface area contributed by atoms with Gasteiger partial charge in [0.15, 0.2) is 0 Å². The number of rotatable bonds is 5. The molecule has 12 nitrogen and oxygen atoms in total. The highest BCUT2D eigenvalue weighted by Crippen LogP contribution is 2.46. The van der Waals surface area contributed by atoms with Gasteiger partial charge in [-0.3, -0.25) is 19.1 Å². The molecule has 4 amide bonds. The van der Waals surface area contributed by atoms with Crippen LogP contribution in [0.5, 0.6) is 0 Å². The van der Waals surface area contributed by atoms with Crippen LogP contribution in [0.25, 0.3) is 0 Å². The zero-order valence-corrected chi connectivity index (χ0v) is 22.9. The van der Waals surface area contributed by atoms with Gasteiger partial charge < -0.3 is 25.0 Å². The van der Waals surface area contributed by atoms with E-state index in [0.29, 0.717) is 71.1 Å². The number of allylic oxidation sites excluding steroid dienone is 1. The number of carbonyl (C=O) groups is 4. The number of alkyl carbamates (subject to hydrolysis) is 1. The van der Waals surface area contributed by atoms with Crippen LogP contribution in [0, 0.1) is 5.92 Å². The van der Waals surface area contributed by atoms with E-state index in [2.05, 4.69) is 15.4 Å². The summed E-state index contributed by atoms with van der Waals surface area (Å²) in [5.74, 6) is -1.90. The smallest absolute Gasteiger partial charge is 0.408 e. The Morgan fingerprint density at radius 2 is 1.90 bits per heavy atom. The van der Waals surface area contributed by atoms with Gasteiger partial charge in [0.2, 0.25) is 21.8 Å². The number of nitrogens with one attached hydrogen (secondary N) is 3. The Morgan fingerprint density at radius 1 is 1.08 bits per heavy atom. The third kappa shape index (κ3) is 6.40. The minimum atomic E-state index is -3.78. The minimum Gasteiger partial charge on any atom is -0.444 e. The van der Waals surface area contributed by atoms with Gasteiger partial charge >= 0.3 is 6.09 Å². The van der Waals surface area contributed by atoms with Crippen molar-refractivity contribution in [2.24, 2.45) is 5.92 Å². The molecular formula is C26H38N4O8S. The Kier molecular flexibility index (Phi) is 8.18. The number of sulfonamides is 1. The zero-order chi connectivity index (χ0) is 27.6. The topological polar surface area (TPSA) is 160 Å². The molecule has 0 spiro atoms. The van der Waals surface area contributed by atoms with Crippen molar-refractivity contribution in [3.05, 3.63) is 12.2 Å². The summed E-state index contributed by atoms with van der Waals surface area (Å²) in [6.07, 6.45) is 9.29. The average Bonchev–Trinajstić information content (AvgIpc) is 3.74. The van der Waals surface area contributed by atoms with Gasteiger partial charge in [-0.05, 0) is 51.4 Å². The molecule has 2 aliphatic carbocycles. The van der Waals surface area contributed by atoms with Gasteiger partial charge in [0.1, 0.15) is 23.7 Å². The quantitative estimate of drug-likeness (QED) is 0.413. The van der Waals surface area contributed by atoms with Crippen molar-refractivity contribution < 1.29 is 37.1 Å². The summed E-state index contributed by atoms with van der Waals surface area (Å²) >= 11 is 0. The summed E-state index contributed by atoms with van der Waals surface area (Å²) in [6, 6.07) is -1.66. The largest absolute Gasteiger partial charge is 0.444 e. The molecule has 2 saturated heterocycles. The second-order valence-electron chi connectivity index (χ2n) is 11.3. The SMILES string of the molecule is O=C(N[C@H]1CCCCC/C=C\[C@@H]2C[C@@]2(C(=O)NS(=O)(=O)C2CC2)NC(=O)[C@@H]2CCCN2C1=O)O[C@@H]1CCOC1. The van der Waals surface area contributed by atoms with E-state index >= 15 is 0 Å². The first-order valence-corrected chi connectivity index (χ1v) is 15.6. The number of ether oxygens (including phenoxy) is 2. The molecule has 216 valence electrons. The van der Waals surface area contributed by atoms with E-state index in [-0.39, 0.29) is 17.9 Å². The third-order valence-electron chi connectivity index (χ3n) is 8.29. The maximum absolute atomic E-state index is 13.6. The fourth-order valence-corrected chi connectivity index (χ4v) is 7.07. The van der Waals surface area contributed by atoms with Crippen molar-refractivity contribution in [1.29, 1.82) is 0 Å². The van der Waals surface area contributed by atoms with Crippen molar-refractivity contribution in [3.63, 3.8) is 0 Å². The molecule has 5 rings (SSSR count). The Morgan fingerprint density at radius 3 is 2.64 bits per heavy atom. The van der Waals surface area contributed by atoms with Gasteiger partial charge in [-0.15, -0.1) is 0 Å². The molecule has 39 heavy (non-hydrogen) atoms. The van der Waals surface area contributed by atoms with Crippen LogP contribution in [0.1, 0.15) is 70.6 Å². The van der Waals surface area contributed by atoms with Crippen molar-refractivity contribution in [2.75, 3.05) is 19.8 Å². The summed E-state index contributed by atoms with van der Waals surface area (Å²) in [7, 11) is -3.78. The molecule has 2 saturated carbocycles. The van der Waals surface area contributed by atoms with Crippen LogP contribution in [0.15, 0.2) is 12.2 Å². The maximum Gasteiger partial charge on any atom is 0.408 e. The van der Waals surface area contributed by atoms with E-state index < -0.39 is 50.8 Å². The first kappa shape index (κ1) is 27.9. The molecule has 3 N–H and O–H groups in total. The molecule has 5 aliphatic rings. The van der Waals surface area contributed by atoms with Gasteiger partial charge in [0.25, 0.3) is 5.91 Å². The normalized spacial score (nSPS) is 34.5. The molecular weight excluding hydrogens is 528 g/mol. The molecule has 0 aromatic carbocycles. The third-order valence-corrected chi connectivity index (χ3v) is 10.1. The standard InChI is InChI=1S/C26H38N4O8S/c31-22-21-9-6-13-30(21)23(32)20(27-25(34)38-18-12-14-37-16-18)8-5-3-1-2-4-7-17-15-26(17,28-22)24(33)29-39(35,36)19-10-11-19/h4,7,17-21H,1-3,5-6,8-16H2,(H,27,34)(H,28,31)(H,29,33)/b7-4-/t17-,18-,20+,21+,26-/m1/s1. The molecule has 0 aromatic heterocycles. The summed E-state index contributed by atoms with van der Waals surface area (Å²) in [4.78, 5) is 54.4. The highest BCUT2D eigenvalue weighted by atomic mass is 32.2. The molecule has 0 aromatic rings. The lowest BCUT2D eigenvalue weighted by Crippen LogP contribution is -2.58. The average molecular weight is 567 g/mol. The van der Waals surface area contributed by atoms with E-state index in [0.717, 1.165) is 19.3 Å². The van der Waals surface area contributed by atoms with Crippen molar-refractivity contribution in [2.45, 2.75) is 99.6 Å². The maximum atomic E-state index is 13.6. The van der Waals surface area contributed by atoms with Gasteiger partial charge in [-0.2, -0.15) is 0 Å². The number of hydrogen-bond donors (Lipinski definition) is 3. The molecule has 4 fully saturated rings. The number of nitrogens with zero attached hydrogens (tertiary/aromatic N) is 1. The fourth-order valence-electron chi connectivity index (χ4n) is 5.71. The molecule has 3 heterocycles. The highest BCUT2D eigenvalue weighted by Gasteiger charge is 2.61. The summed E-state index contributed by atoms with van der Waals surface area (Å²) in [5.41, 5.74) is -1.36. The number of hydrogen-bond acceptors (Lipinski definition) is 8. The van der Waals surface area contributed by atoms with Gasteiger partial charge in [0.05, 0.1) is 18.5 Å². The Bertz CT molecular complexity index is 1120. The van der Waals surface area contributed by atoms with E-state index in [4.69, 9.17) is 9.47 Å². The van der Waals surface area contributed by atoms with Crippen molar-refractivity contribution in [3.8, 4) is 0 Å². The number of carbonyl (C=O) groups excluding carboxylic acids is 4. The lowest BCUT2D eigenvalue weighted by atomic mass is 10.1. The Labute approximate surface area is 228 Å². The van der Waals surface area contributed by atoms with Crippen LogP contribution >= 0.6 is 0 Å². The number of amides is 4. The van der Waals surface area contributed by atoms with Crippen LogP contribution in [-0.2, 0) is 33.9 Å². The summed E-state index contributed by atoms with van der Waals surface area (Å²) < 4.78 is 37.8. The van der Waals surface area contributed by atoms with Gasteiger partial charge in [-0.25, -0.2) is 13.2 Å². The highest BCUT2D eigenvalue weighted by molar-refractivity contribution is 7.91. The zero-order valence-electron chi connectivity index (χ0n) is 22.1. The van der Waals surface area contributed by atoms with Crippen LogP contribution in [0.4, 0.5) is 4.79 Å². The van der Waals surface area contributed by atoms with E-state index in [1.807, 2.05) is 12.2 Å². The lowest BCUT2D eigenvalue weighted by molar-refractivity contribution is -0.141. The Hall–Kier alpha value is -2.67. The molecule has 0 radical (unpaired) electrons. The summed E-state index contributed by atoms with van der Waals surface area (Å²) in [6.45, 7) is 1.19. The summed E-state index contributed by atoms with van der Waals surface area (Å²) in [5, 5.41) is 4.98. The monoisotopic (exact) mass is 566 g/mol. The van der Waals surface area contributed by atoms with E-state index in [1.165, 1.54) is 4.90 Å². The minimum absolute atomic E-state index is 0.294. The second-order valence-corrected chi connectivity index (χ2v) is 13.3. The fraction of sp³-hybridized carbons (Fsp3) is 0.769.